The van der Waals surface area contributed by atoms with Gasteiger partial charge in [-0.1, -0.05) is 152 Å². The van der Waals surface area contributed by atoms with Crippen molar-refractivity contribution in [3.63, 3.8) is 0 Å². The van der Waals surface area contributed by atoms with Crippen LogP contribution in [0.25, 0.3) is 18.2 Å². The number of anilines is 6. The van der Waals surface area contributed by atoms with Gasteiger partial charge in [-0.25, -0.2) is 24.0 Å². The van der Waals surface area contributed by atoms with Crippen molar-refractivity contribution in [3.05, 3.63) is 106 Å². The highest BCUT2D eigenvalue weighted by molar-refractivity contribution is 6.18. The van der Waals surface area contributed by atoms with E-state index < -0.39 is 23.9 Å². The van der Waals surface area contributed by atoms with Gasteiger partial charge in [-0.3, -0.25) is 0 Å². The molecule has 6 fully saturated rings. The zero-order valence-electron chi connectivity index (χ0n) is 54.1. The van der Waals surface area contributed by atoms with E-state index in [4.69, 9.17) is 43.4 Å². The van der Waals surface area contributed by atoms with Gasteiger partial charge in [-0.2, -0.15) is 15.0 Å². The Morgan fingerprint density at radius 2 is 0.554 bits per heavy atom. The number of hydrogen-bond donors (Lipinski definition) is 3. The number of aromatic nitrogens is 3. The van der Waals surface area contributed by atoms with Crippen LogP contribution in [0.5, 0.6) is 0 Å². The monoisotopic (exact) mass is 1260 g/mol. The lowest BCUT2D eigenvalue weighted by Crippen LogP contribution is -2.24. The van der Waals surface area contributed by atoms with Crippen LogP contribution in [0.2, 0.25) is 0 Å². The number of carbonyl (C=O) groups is 5. The van der Waals surface area contributed by atoms with E-state index in [0.717, 1.165) is 134 Å². The lowest BCUT2D eigenvalue weighted by molar-refractivity contribution is -0.150. The quantitative estimate of drug-likeness (QED) is 0.0158. The van der Waals surface area contributed by atoms with E-state index >= 15 is 0 Å². The Bertz CT molecular complexity index is 2870. The average Bonchev–Trinajstić information content (AvgIpc) is 1.19. The van der Waals surface area contributed by atoms with Crippen molar-refractivity contribution >= 4 is 83.0 Å². The maximum Gasteiger partial charge on any atom is 0.345 e. The minimum absolute atomic E-state index is 0.138. The summed E-state index contributed by atoms with van der Waals surface area (Å²) in [7, 11) is 0. The molecular weight excluding hydrogens is 1160 g/mol. The van der Waals surface area contributed by atoms with Gasteiger partial charge in [0.25, 0.3) is 0 Å². The zero-order chi connectivity index (χ0) is 63.5. The first-order chi connectivity index (χ1) is 45.1. The van der Waals surface area contributed by atoms with E-state index in [1.807, 2.05) is 30.3 Å². The van der Waals surface area contributed by atoms with Crippen molar-refractivity contribution in [1.82, 2.24) is 15.0 Å². The summed E-state index contributed by atoms with van der Waals surface area (Å²) in [5.41, 5.74) is 4.10. The summed E-state index contributed by atoms with van der Waals surface area (Å²) in [5, 5.41) is 9.97. The van der Waals surface area contributed by atoms with Crippen LogP contribution >= 0.6 is 0 Å². The van der Waals surface area contributed by atoms with E-state index in [1.165, 1.54) is 76.4 Å². The normalized spacial score (nSPS) is 18.4. The standard InChI is InChI=1S/C75H98N6O11/c82-68(88-47-57-21-9-2-10-22-57)62(52-87-46-56-19-7-1-8-20-56)43-53-31-37-63(38-32-53)76-73-79-74(77-64-39-33-54(34-40-64)44-66(69(83)89-48-58-23-11-3-12-24-58)70(84)90-49-59-25-13-4-14-26-59)81-75(80-73)78-65-41-35-55(36-42-65)45-67(71(85)91-50-60-27-15-5-16-28-60)72(86)92-51-61-29-17-6-18-30-61/h31-45,56-61H,1-30,46-52H2,(H3,76,77,78,79,80,81). The third-order valence-corrected chi connectivity index (χ3v) is 19.5. The molecule has 0 spiro atoms. The number of rotatable bonds is 28. The van der Waals surface area contributed by atoms with Crippen LogP contribution < -0.4 is 16.0 Å². The molecule has 10 rings (SSSR count). The van der Waals surface area contributed by atoms with Crippen LogP contribution in [-0.4, -0.2) is 91.0 Å². The van der Waals surface area contributed by atoms with Gasteiger partial charge >= 0.3 is 29.8 Å². The molecule has 1 aromatic heterocycles. The molecule has 3 N–H and O–H groups in total. The fourth-order valence-electron chi connectivity index (χ4n) is 13.8. The number of carbonyl (C=O) groups excluding carboxylic acids is 5. The highest BCUT2D eigenvalue weighted by Gasteiger charge is 2.28. The molecule has 6 aliphatic rings. The summed E-state index contributed by atoms with van der Waals surface area (Å²) in [6, 6.07) is 22.0. The molecule has 4 aromatic rings. The molecule has 6 aliphatic carbocycles. The SMILES string of the molecule is O=C(OCC1CCCCC1)C(=Cc1ccc(Nc2nc(Nc3ccc(C=C(C(=O)OCC4CCCCC4)C(=O)OCC4CCCCC4)cc3)nc(Nc3ccc(C=C(C(=O)OCC4CCCCC4)C(=O)OCC4CCCCC4)cc3)n2)cc1)COCC1CCCCC1. The number of esters is 5. The largest absolute Gasteiger partial charge is 0.462 e. The van der Waals surface area contributed by atoms with Crippen molar-refractivity contribution in [2.75, 3.05) is 62.2 Å². The molecule has 494 valence electrons. The topological polar surface area (TPSA) is 215 Å². The van der Waals surface area contributed by atoms with E-state index in [-0.39, 0.29) is 91.7 Å². The Balaban J connectivity index is 0.877. The smallest absolute Gasteiger partial charge is 0.345 e. The van der Waals surface area contributed by atoms with Gasteiger partial charge in [0.2, 0.25) is 17.8 Å². The minimum atomic E-state index is -0.683. The molecule has 17 heteroatoms. The number of nitrogens with one attached hydrogen (secondary N) is 3. The Kier molecular flexibility index (Phi) is 26.5. The minimum Gasteiger partial charge on any atom is -0.462 e. The molecule has 0 bridgehead atoms. The fraction of sp³-hybridized carbons (Fsp3) is 0.573. The van der Waals surface area contributed by atoms with E-state index in [1.54, 1.807) is 48.5 Å². The number of nitrogens with zero attached hydrogens (tertiary/aromatic N) is 3. The lowest BCUT2D eigenvalue weighted by Gasteiger charge is -2.22. The van der Waals surface area contributed by atoms with Crippen molar-refractivity contribution < 1.29 is 52.4 Å². The summed E-state index contributed by atoms with van der Waals surface area (Å²) in [5.74, 6) is -0.478. The Morgan fingerprint density at radius 3 is 0.826 bits per heavy atom. The summed E-state index contributed by atoms with van der Waals surface area (Å²) in [6.45, 7) is 2.29. The predicted molar refractivity (Wildman–Crippen MR) is 358 cm³/mol. The first-order valence-electron chi connectivity index (χ1n) is 35.1. The molecule has 92 heavy (non-hydrogen) atoms. The Labute approximate surface area is 544 Å². The summed E-state index contributed by atoms with van der Waals surface area (Å²) >= 11 is 0. The maximum atomic E-state index is 13.7. The van der Waals surface area contributed by atoms with E-state index in [0.29, 0.717) is 58.8 Å². The summed E-state index contributed by atoms with van der Waals surface area (Å²) in [6.07, 6.45) is 38.2. The van der Waals surface area contributed by atoms with Crippen molar-refractivity contribution in [2.45, 2.75) is 193 Å². The lowest BCUT2D eigenvalue weighted by atomic mass is 9.90. The van der Waals surface area contributed by atoms with Crippen molar-refractivity contribution in [3.8, 4) is 0 Å². The summed E-state index contributed by atoms with van der Waals surface area (Å²) in [4.78, 5) is 82.8. The molecule has 0 saturated heterocycles. The first-order valence-corrected chi connectivity index (χ1v) is 35.1. The molecule has 0 amide bonds. The zero-order valence-corrected chi connectivity index (χ0v) is 54.1. The first kappa shape index (κ1) is 67.5. The molecule has 6 saturated carbocycles. The molecule has 0 radical (unpaired) electrons. The van der Waals surface area contributed by atoms with Crippen LogP contribution in [0.4, 0.5) is 34.9 Å². The molecule has 17 nitrogen and oxygen atoms in total. The molecule has 1 heterocycles. The van der Waals surface area contributed by atoms with E-state index in [2.05, 4.69) is 16.0 Å². The third kappa shape index (κ3) is 22.1. The number of benzene rings is 3. The molecule has 0 unspecified atom stereocenters. The second-order valence-corrected chi connectivity index (χ2v) is 26.9. The fourth-order valence-corrected chi connectivity index (χ4v) is 13.8. The Hall–Kier alpha value is -7.40. The molecule has 0 aliphatic heterocycles. The average molecular weight is 1260 g/mol. The second-order valence-electron chi connectivity index (χ2n) is 26.9. The van der Waals surface area contributed by atoms with Crippen LogP contribution in [0.1, 0.15) is 209 Å². The second kappa shape index (κ2) is 36.2. The van der Waals surface area contributed by atoms with Gasteiger partial charge < -0.3 is 44.4 Å². The van der Waals surface area contributed by atoms with Crippen molar-refractivity contribution in [2.24, 2.45) is 35.5 Å². The number of hydrogen-bond acceptors (Lipinski definition) is 17. The molecule has 3 aromatic carbocycles. The third-order valence-electron chi connectivity index (χ3n) is 19.5. The molecule has 0 atom stereocenters. The highest BCUT2D eigenvalue weighted by Crippen LogP contribution is 2.31. The summed E-state index contributed by atoms with van der Waals surface area (Å²) < 4.78 is 35.4. The maximum absolute atomic E-state index is 13.7. The van der Waals surface area contributed by atoms with Crippen LogP contribution in [0.3, 0.4) is 0 Å². The molecular formula is C75H98N6O11. The van der Waals surface area contributed by atoms with E-state index in [9.17, 15) is 24.0 Å². The van der Waals surface area contributed by atoms with Gasteiger partial charge in [0.05, 0.1) is 45.2 Å². The predicted octanol–water partition coefficient (Wildman–Crippen LogP) is 16.5. The van der Waals surface area contributed by atoms with Crippen LogP contribution in [-0.2, 0) is 52.4 Å². The van der Waals surface area contributed by atoms with Gasteiger partial charge in [-0.15, -0.1) is 0 Å². The van der Waals surface area contributed by atoms with Crippen LogP contribution in [0.15, 0.2) is 89.5 Å². The Morgan fingerprint density at radius 1 is 0.315 bits per heavy atom. The highest BCUT2D eigenvalue weighted by atomic mass is 16.6. The van der Waals surface area contributed by atoms with Gasteiger partial charge in [-0.05, 0) is 184 Å². The van der Waals surface area contributed by atoms with Crippen LogP contribution in [0, 0.1) is 35.5 Å². The van der Waals surface area contributed by atoms with Gasteiger partial charge in [0.1, 0.15) is 11.1 Å². The van der Waals surface area contributed by atoms with Crippen molar-refractivity contribution in [1.29, 1.82) is 0 Å². The number of ether oxygens (including phenoxy) is 6. The van der Waals surface area contributed by atoms with Gasteiger partial charge in [0.15, 0.2) is 0 Å². The van der Waals surface area contributed by atoms with Gasteiger partial charge in [0, 0.05) is 23.7 Å².